The van der Waals surface area contributed by atoms with E-state index in [4.69, 9.17) is 9.47 Å². The first-order valence-electron chi connectivity index (χ1n) is 6.39. The zero-order valence-electron chi connectivity index (χ0n) is 10.7. The molecule has 0 aromatic carbocycles. The molecule has 1 heterocycles. The Morgan fingerprint density at radius 1 is 1.44 bits per heavy atom. The van der Waals surface area contributed by atoms with Crippen LogP contribution in [0, 0.1) is 0 Å². The quantitative estimate of drug-likeness (QED) is 0.673. The number of ether oxygens (including phenoxy) is 2. The van der Waals surface area contributed by atoms with Crippen molar-refractivity contribution in [1.29, 1.82) is 0 Å². The molecule has 0 spiro atoms. The number of rotatable bonds is 5. The van der Waals surface area contributed by atoms with Crippen molar-refractivity contribution in [1.82, 2.24) is 10.2 Å². The van der Waals surface area contributed by atoms with Gasteiger partial charge in [-0.25, -0.2) is 0 Å². The van der Waals surface area contributed by atoms with E-state index in [2.05, 4.69) is 5.32 Å². The molecular formula is C12H20N2O4. The lowest BCUT2D eigenvalue weighted by molar-refractivity contribution is -0.153. The van der Waals surface area contributed by atoms with Gasteiger partial charge in [0.1, 0.15) is 6.04 Å². The fourth-order valence-electron chi connectivity index (χ4n) is 2.03. The second kappa shape index (κ2) is 6.15. The minimum Gasteiger partial charge on any atom is -0.468 e. The summed E-state index contributed by atoms with van der Waals surface area (Å²) in [5, 5.41) is 2.94. The summed E-state index contributed by atoms with van der Waals surface area (Å²) in [6.07, 6.45) is 2.60. The first-order chi connectivity index (χ1) is 8.70. The molecule has 102 valence electrons. The summed E-state index contributed by atoms with van der Waals surface area (Å²) in [6.45, 7) is 2.17. The maximum atomic E-state index is 11.6. The molecule has 0 aromatic rings. The van der Waals surface area contributed by atoms with Crippen LogP contribution in [0.2, 0.25) is 0 Å². The largest absolute Gasteiger partial charge is 0.468 e. The molecular weight excluding hydrogens is 236 g/mol. The summed E-state index contributed by atoms with van der Waals surface area (Å²) in [5.41, 5.74) is 0. The van der Waals surface area contributed by atoms with Gasteiger partial charge in [-0.1, -0.05) is 0 Å². The van der Waals surface area contributed by atoms with Gasteiger partial charge in [-0.2, -0.15) is 0 Å². The van der Waals surface area contributed by atoms with Gasteiger partial charge in [0, 0.05) is 25.6 Å². The SMILES string of the molecule is COC(=O)C1COCCN1CCC(=O)NC1CC1. The highest BCUT2D eigenvalue weighted by atomic mass is 16.5. The summed E-state index contributed by atoms with van der Waals surface area (Å²) in [7, 11) is 1.37. The van der Waals surface area contributed by atoms with Crippen LogP contribution in [0.3, 0.4) is 0 Å². The normalized spacial score (nSPS) is 24.6. The molecule has 1 aliphatic carbocycles. The third kappa shape index (κ3) is 3.68. The zero-order valence-corrected chi connectivity index (χ0v) is 10.7. The Hall–Kier alpha value is -1.14. The highest BCUT2D eigenvalue weighted by Crippen LogP contribution is 2.18. The zero-order chi connectivity index (χ0) is 13.0. The lowest BCUT2D eigenvalue weighted by Gasteiger charge is -2.33. The average Bonchev–Trinajstić information content (AvgIpc) is 3.19. The Kier molecular flexibility index (Phi) is 4.54. The topological polar surface area (TPSA) is 67.9 Å². The molecule has 6 heteroatoms. The Bertz CT molecular complexity index is 317. The number of nitrogens with zero attached hydrogens (tertiary/aromatic N) is 1. The Balaban J connectivity index is 1.77. The fraction of sp³-hybridized carbons (Fsp3) is 0.833. The second-order valence-electron chi connectivity index (χ2n) is 4.74. The van der Waals surface area contributed by atoms with Gasteiger partial charge in [0.05, 0.1) is 20.3 Å². The highest BCUT2D eigenvalue weighted by molar-refractivity contribution is 5.77. The molecule has 1 N–H and O–H groups in total. The average molecular weight is 256 g/mol. The number of morpholine rings is 1. The molecule has 1 saturated carbocycles. The first-order valence-corrected chi connectivity index (χ1v) is 6.39. The highest BCUT2D eigenvalue weighted by Gasteiger charge is 2.30. The number of nitrogens with one attached hydrogen (secondary N) is 1. The van der Waals surface area contributed by atoms with Crippen molar-refractivity contribution in [2.75, 3.05) is 33.4 Å². The van der Waals surface area contributed by atoms with Crippen molar-refractivity contribution < 1.29 is 19.1 Å². The van der Waals surface area contributed by atoms with E-state index >= 15 is 0 Å². The summed E-state index contributed by atoms with van der Waals surface area (Å²) in [5.74, 6) is -0.232. The van der Waals surface area contributed by atoms with E-state index in [9.17, 15) is 9.59 Å². The Morgan fingerprint density at radius 2 is 2.22 bits per heavy atom. The second-order valence-corrected chi connectivity index (χ2v) is 4.74. The molecule has 1 atom stereocenters. The van der Waals surface area contributed by atoms with Crippen molar-refractivity contribution in [3.05, 3.63) is 0 Å². The predicted octanol–water partition coefficient (Wildman–Crippen LogP) is -0.471. The van der Waals surface area contributed by atoms with E-state index in [0.29, 0.717) is 38.8 Å². The molecule has 2 aliphatic rings. The smallest absolute Gasteiger partial charge is 0.325 e. The first kappa shape index (κ1) is 13.3. The molecule has 0 aromatic heterocycles. The van der Waals surface area contributed by atoms with Crippen LogP contribution in [0.1, 0.15) is 19.3 Å². The van der Waals surface area contributed by atoms with E-state index < -0.39 is 0 Å². The van der Waals surface area contributed by atoms with Gasteiger partial charge in [0.2, 0.25) is 5.91 Å². The summed E-state index contributed by atoms with van der Waals surface area (Å²) in [6, 6.07) is 0.0102. The lowest BCUT2D eigenvalue weighted by Crippen LogP contribution is -2.51. The van der Waals surface area contributed by atoms with Gasteiger partial charge >= 0.3 is 5.97 Å². The van der Waals surface area contributed by atoms with Crippen LogP contribution in [0.4, 0.5) is 0 Å². The van der Waals surface area contributed by atoms with E-state index in [1.807, 2.05) is 4.90 Å². The van der Waals surface area contributed by atoms with Crippen LogP contribution < -0.4 is 5.32 Å². The molecule has 1 saturated heterocycles. The molecule has 18 heavy (non-hydrogen) atoms. The number of methoxy groups -OCH3 is 1. The summed E-state index contributed by atoms with van der Waals surface area (Å²) < 4.78 is 10.0. The Morgan fingerprint density at radius 3 is 2.89 bits per heavy atom. The Labute approximate surface area is 107 Å². The standard InChI is InChI=1S/C12H20N2O4/c1-17-12(16)10-8-18-7-6-14(10)5-4-11(15)13-9-2-3-9/h9-10H,2-8H2,1H3,(H,13,15). The molecule has 1 amide bonds. The number of carbonyl (C=O) groups is 2. The van der Waals surface area contributed by atoms with Crippen LogP contribution >= 0.6 is 0 Å². The van der Waals surface area contributed by atoms with Crippen molar-refractivity contribution in [2.24, 2.45) is 0 Å². The third-order valence-electron chi connectivity index (χ3n) is 3.28. The minimum atomic E-state index is -0.377. The van der Waals surface area contributed by atoms with Gasteiger partial charge in [-0.3, -0.25) is 14.5 Å². The minimum absolute atomic E-state index is 0.0626. The molecule has 2 rings (SSSR count). The van der Waals surface area contributed by atoms with Crippen LogP contribution in [-0.4, -0.2) is 62.3 Å². The van der Waals surface area contributed by atoms with Crippen LogP contribution in [0.15, 0.2) is 0 Å². The molecule has 0 radical (unpaired) electrons. The van der Waals surface area contributed by atoms with Crippen LogP contribution in [0.5, 0.6) is 0 Å². The third-order valence-corrected chi connectivity index (χ3v) is 3.28. The van der Waals surface area contributed by atoms with Crippen molar-refractivity contribution in [3.8, 4) is 0 Å². The number of hydrogen-bond donors (Lipinski definition) is 1. The van der Waals surface area contributed by atoms with Crippen molar-refractivity contribution in [3.63, 3.8) is 0 Å². The molecule has 6 nitrogen and oxygen atoms in total. The van der Waals surface area contributed by atoms with Gasteiger partial charge in [0.25, 0.3) is 0 Å². The maximum absolute atomic E-state index is 11.6. The summed E-state index contributed by atoms with van der Waals surface area (Å²) >= 11 is 0. The van der Waals surface area contributed by atoms with E-state index in [1.54, 1.807) is 0 Å². The van der Waals surface area contributed by atoms with E-state index in [1.165, 1.54) is 7.11 Å². The maximum Gasteiger partial charge on any atom is 0.325 e. The van der Waals surface area contributed by atoms with E-state index in [-0.39, 0.29) is 17.9 Å². The fourth-order valence-corrected chi connectivity index (χ4v) is 2.03. The summed E-state index contributed by atoms with van der Waals surface area (Å²) in [4.78, 5) is 25.1. The van der Waals surface area contributed by atoms with Crippen molar-refractivity contribution in [2.45, 2.75) is 31.3 Å². The molecule has 2 fully saturated rings. The predicted molar refractivity (Wildman–Crippen MR) is 64.0 cm³/mol. The monoisotopic (exact) mass is 256 g/mol. The van der Waals surface area contributed by atoms with Gasteiger partial charge in [-0.15, -0.1) is 0 Å². The molecule has 1 aliphatic heterocycles. The molecule has 1 unspecified atom stereocenters. The van der Waals surface area contributed by atoms with Gasteiger partial charge in [0.15, 0.2) is 0 Å². The number of carbonyl (C=O) groups excluding carboxylic acids is 2. The van der Waals surface area contributed by atoms with Crippen molar-refractivity contribution >= 4 is 11.9 Å². The molecule has 0 bridgehead atoms. The van der Waals surface area contributed by atoms with Crippen LogP contribution in [0.25, 0.3) is 0 Å². The van der Waals surface area contributed by atoms with E-state index in [0.717, 1.165) is 12.8 Å². The number of esters is 1. The number of hydrogen-bond acceptors (Lipinski definition) is 5. The van der Waals surface area contributed by atoms with Gasteiger partial charge < -0.3 is 14.8 Å². The number of amides is 1. The van der Waals surface area contributed by atoms with Crippen LogP contribution in [-0.2, 0) is 19.1 Å². The van der Waals surface area contributed by atoms with Gasteiger partial charge in [-0.05, 0) is 12.8 Å². The lowest BCUT2D eigenvalue weighted by atomic mass is 10.2.